The molecule has 2 aromatic carbocycles. The molecule has 1 aromatic heterocycles. The molecule has 3 rings (SSSR count). The van der Waals surface area contributed by atoms with Gasteiger partial charge in [0.1, 0.15) is 11.6 Å². The highest BCUT2D eigenvalue weighted by Gasteiger charge is 2.11. The van der Waals surface area contributed by atoms with Crippen molar-refractivity contribution in [3.05, 3.63) is 77.7 Å². The molecule has 1 amide bonds. The topological polar surface area (TPSA) is 82.5 Å². The van der Waals surface area contributed by atoms with Crippen LogP contribution in [0.15, 0.2) is 65.8 Å². The van der Waals surface area contributed by atoms with E-state index in [9.17, 15) is 19.3 Å². The average Bonchev–Trinajstić information content (AvgIpc) is 2.69. The van der Waals surface area contributed by atoms with Crippen LogP contribution in [-0.4, -0.2) is 28.5 Å². The summed E-state index contributed by atoms with van der Waals surface area (Å²) in [5, 5.41) is 22.3. The molecule has 27 heavy (non-hydrogen) atoms. The van der Waals surface area contributed by atoms with E-state index in [1.165, 1.54) is 24.0 Å². The van der Waals surface area contributed by atoms with Crippen molar-refractivity contribution in [3.8, 4) is 5.75 Å². The van der Waals surface area contributed by atoms with Crippen molar-refractivity contribution in [2.45, 2.75) is 10.8 Å². The molecule has 0 fully saturated rings. The average molecular weight is 382 g/mol. The van der Waals surface area contributed by atoms with Gasteiger partial charge in [0, 0.05) is 18.0 Å². The molecule has 0 unspecified atom stereocenters. The van der Waals surface area contributed by atoms with E-state index in [1.807, 2.05) is 24.3 Å². The zero-order valence-electron chi connectivity index (χ0n) is 14.2. The van der Waals surface area contributed by atoms with E-state index in [0.717, 1.165) is 28.2 Å². The molecule has 5 nitrogen and oxygen atoms in total. The number of carbonyl (C=O) groups excluding carboxylic acids is 1. The summed E-state index contributed by atoms with van der Waals surface area (Å²) in [6, 6.07) is 14.4. The second kappa shape index (κ2) is 8.70. The number of nitrogens with zero attached hydrogens (tertiary/aromatic N) is 1. The Morgan fingerprint density at radius 2 is 2.00 bits per heavy atom. The Hall–Kier alpha value is -2.84. The van der Waals surface area contributed by atoms with Crippen molar-refractivity contribution < 1.29 is 19.3 Å². The molecule has 0 radical (unpaired) electrons. The fourth-order valence-corrected chi connectivity index (χ4v) is 3.29. The third kappa shape index (κ3) is 4.87. The zero-order chi connectivity index (χ0) is 19.2. The number of halogens is 1. The van der Waals surface area contributed by atoms with Gasteiger partial charge in [-0.25, -0.2) is 9.37 Å². The maximum Gasteiger partial charge on any atom is 0.305 e. The van der Waals surface area contributed by atoms with E-state index in [4.69, 9.17) is 0 Å². The van der Waals surface area contributed by atoms with Crippen molar-refractivity contribution in [2.75, 3.05) is 5.32 Å². The molecule has 0 aliphatic heterocycles. The van der Waals surface area contributed by atoms with Crippen molar-refractivity contribution in [1.82, 2.24) is 4.98 Å². The third-order valence-corrected chi connectivity index (χ3v) is 4.86. The van der Waals surface area contributed by atoms with Crippen molar-refractivity contribution in [1.29, 1.82) is 0 Å². The van der Waals surface area contributed by atoms with Gasteiger partial charge in [-0.1, -0.05) is 24.3 Å². The van der Waals surface area contributed by atoms with Gasteiger partial charge in [0.25, 0.3) is 5.91 Å². The van der Waals surface area contributed by atoms with E-state index >= 15 is 0 Å². The minimum Gasteiger partial charge on any atom is -0.506 e. The van der Waals surface area contributed by atoms with Crippen molar-refractivity contribution >= 4 is 36.3 Å². The van der Waals surface area contributed by atoms with Crippen LogP contribution in [0.4, 0.5) is 10.1 Å². The fourth-order valence-electron chi connectivity index (χ4n) is 2.41. The summed E-state index contributed by atoms with van der Waals surface area (Å²) in [4.78, 5) is 16.5. The molecule has 0 saturated heterocycles. The Morgan fingerprint density at radius 3 is 2.70 bits per heavy atom. The number of thioether (sulfide) groups is 1. The molecule has 3 N–H and O–H groups in total. The van der Waals surface area contributed by atoms with Crippen LogP contribution in [0.2, 0.25) is 0 Å². The minimum absolute atomic E-state index is 0.0144. The van der Waals surface area contributed by atoms with Gasteiger partial charge in [0.2, 0.25) is 0 Å². The smallest absolute Gasteiger partial charge is 0.305 e. The number of benzene rings is 2. The Labute approximate surface area is 160 Å². The lowest BCUT2D eigenvalue weighted by Crippen LogP contribution is -2.17. The maximum absolute atomic E-state index is 13.0. The number of phenols is 1. The summed E-state index contributed by atoms with van der Waals surface area (Å²) in [5.41, 5.74) is 2.35. The Morgan fingerprint density at radius 1 is 1.19 bits per heavy atom. The Balaban J connectivity index is 1.63. The number of aromatic nitrogens is 1. The highest BCUT2D eigenvalue weighted by Crippen LogP contribution is 2.24. The molecule has 136 valence electrons. The summed E-state index contributed by atoms with van der Waals surface area (Å²) in [6.45, 7) is 0. The number of nitrogens with one attached hydrogen (secondary N) is 1. The van der Waals surface area contributed by atoms with E-state index in [0.29, 0.717) is 11.3 Å². The van der Waals surface area contributed by atoms with Crippen LogP contribution < -0.4 is 10.8 Å². The van der Waals surface area contributed by atoms with Gasteiger partial charge < -0.3 is 15.4 Å². The molecule has 0 atom stereocenters. The second-order valence-corrected chi connectivity index (χ2v) is 6.71. The van der Waals surface area contributed by atoms with Gasteiger partial charge in [0.15, 0.2) is 0 Å². The van der Waals surface area contributed by atoms with Gasteiger partial charge in [0.05, 0.1) is 16.3 Å². The van der Waals surface area contributed by atoms with Gasteiger partial charge in [-0.2, -0.15) is 0 Å². The van der Waals surface area contributed by atoms with Crippen LogP contribution >= 0.6 is 11.8 Å². The van der Waals surface area contributed by atoms with Crippen LogP contribution in [0.1, 0.15) is 15.9 Å². The molecule has 0 saturated carbocycles. The first-order valence-electron chi connectivity index (χ1n) is 8.13. The number of hydrogen-bond donors (Lipinski definition) is 3. The van der Waals surface area contributed by atoms with Crippen LogP contribution in [-0.2, 0) is 5.75 Å². The summed E-state index contributed by atoms with van der Waals surface area (Å²) in [7, 11) is -0.0144. The Kier molecular flexibility index (Phi) is 6.10. The van der Waals surface area contributed by atoms with Crippen molar-refractivity contribution in [3.63, 3.8) is 0 Å². The second-order valence-electron chi connectivity index (χ2n) is 5.72. The van der Waals surface area contributed by atoms with E-state index in [1.54, 1.807) is 12.1 Å². The SMILES string of the molecule is O=C(Nc1ccc(F)cc1O)c1ccc(SCc2ccccc2BO)nc1. The molecule has 0 bridgehead atoms. The summed E-state index contributed by atoms with van der Waals surface area (Å²) >= 11 is 1.50. The molecule has 0 aliphatic rings. The molecule has 0 aliphatic carbocycles. The number of anilines is 1. The van der Waals surface area contributed by atoms with E-state index in [2.05, 4.69) is 10.3 Å². The fraction of sp³-hybridized carbons (Fsp3) is 0.0526. The predicted molar refractivity (Wildman–Crippen MR) is 105 cm³/mol. The molecular formula is C19H16BFN2O3S. The zero-order valence-corrected chi connectivity index (χ0v) is 15.0. The standard InChI is InChI=1S/C19H16BFN2O3S/c21-14-6-7-16(17(24)9-14)23-19(25)12-5-8-18(22-10-12)27-11-13-3-1-2-4-15(13)20-26/h1-10,20,24,26H,11H2,(H,23,25). The number of phenolic OH excluding ortho intramolecular Hbond substituents is 1. The van der Waals surface area contributed by atoms with Crippen molar-refractivity contribution in [2.24, 2.45) is 0 Å². The number of pyridine rings is 1. The largest absolute Gasteiger partial charge is 0.506 e. The monoisotopic (exact) mass is 382 g/mol. The Bertz CT molecular complexity index is 954. The van der Waals surface area contributed by atoms with Crippen LogP contribution in [0.3, 0.4) is 0 Å². The highest BCUT2D eigenvalue weighted by atomic mass is 32.2. The number of amides is 1. The summed E-state index contributed by atoms with van der Waals surface area (Å²) < 4.78 is 13.0. The van der Waals surface area contributed by atoms with Crippen LogP contribution in [0.25, 0.3) is 0 Å². The number of carbonyl (C=O) groups is 1. The van der Waals surface area contributed by atoms with Gasteiger partial charge >= 0.3 is 7.48 Å². The molecular weight excluding hydrogens is 366 g/mol. The molecule has 3 aromatic rings. The molecule has 0 spiro atoms. The number of aromatic hydroxyl groups is 1. The first-order valence-corrected chi connectivity index (χ1v) is 9.11. The highest BCUT2D eigenvalue weighted by molar-refractivity contribution is 7.98. The van der Waals surface area contributed by atoms with E-state index in [-0.39, 0.29) is 18.9 Å². The quantitative estimate of drug-likeness (QED) is 0.347. The number of rotatable bonds is 6. The minimum atomic E-state index is -0.587. The van der Waals surface area contributed by atoms with E-state index < -0.39 is 11.7 Å². The lowest BCUT2D eigenvalue weighted by Gasteiger charge is -2.08. The predicted octanol–water partition coefficient (Wildman–Crippen LogP) is 2.44. The normalized spacial score (nSPS) is 10.4. The lowest BCUT2D eigenvalue weighted by atomic mass is 9.85. The first-order chi connectivity index (χ1) is 13.1. The van der Waals surface area contributed by atoms with Gasteiger partial charge in [-0.15, -0.1) is 11.8 Å². The first kappa shape index (κ1) is 18.9. The van der Waals surface area contributed by atoms with Crippen LogP contribution in [0, 0.1) is 5.82 Å². The molecule has 1 heterocycles. The lowest BCUT2D eigenvalue weighted by molar-refractivity contribution is 0.102. The third-order valence-electron chi connectivity index (χ3n) is 3.87. The van der Waals surface area contributed by atoms with Gasteiger partial charge in [-0.3, -0.25) is 4.79 Å². The summed E-state index contributed by atoms with van der Waals surface area (Å²) in [5.74, 6) is -0.729. The number of hydrogen-bond acceptors (Lipinski definition) is 5. The molecule has 8 heteroatoms. The van der Waals surface area contributed by atoms with Gasteiger partial charge in [-0.05, 0) is 35.3 Å². The summed E-state index contributed by atoms with van der Waals surface area (Å²) in [6.07, 6.45) is 1.44. The maximum atomic E-state index is 13.0. The van der Waals surface area contributed by atoms with Crippen LogP contribution in [0.5, 0.6) is 5.75 Å².